The van der Waals surface area contributed by atoms with Gasteiger partial charge in [0.15, 0.2) is 0 Å². The highest BCUT2D eigenvalue weighted by atomic mass is 32.2. The van der Waals surface area contributed by atoms with Crippen LogP contribution in [-0.4, -0.2) is 39.3 Å². The van der Waals surface area contributed by atoms with Crippen molar-refractivity contribution in [3.8, 4) is 5.75 Å². The van der Waals surface area contributed by atoms with Gasteiger partial charge in [0.05, 0.1) is 18.4 Å². The minimum Gasteiger partial charge on any atom is -0.465 e. The Morgan fingerprint density at radius 2 is 1.62 bits per heavy atom. The molecule has 0 radical (unpaired) electrons. The summed E-state index contributed by atoms with van der Waals surface area (Å²) >= 11 is 0. The van der Waals surface area contributed by atoms with Gasteiger partial charge >= 0.3 is 22.1 Å². The summed E-state index contributed by atoms with van der Waals surface area (Å²) in [6.45, 7) is 1.82. The molecule has 0 aromatic heterocycles. The van der Waals surface area contributed by atoms with Crippen LogP contribution >= 0.6 is 0 Å². The number of hydrogen-bond donors (Lipinski definition) is 1. The van der Waals surface area contributed by atoms with Gasteiger partial charge in [-0.25, -0.2) is 14.5 Å². The summed E-state index contributed by atoms with van der Waals surface area (Å²) in [6, 6.07) is 16.4. The molecule has 0 spiro atoms. The number of carbonyl (C=O) groups is 4. The molecule has 1 aliphatic heterocycles. The smallest absolute Gasteiger partial charge is 0.339 e. The molecule has 0 unspecified atom stereocenters. The van der Waals surface area contributed by atoms with Crippen molar-refractivity contribution in [2.45, 2.75) is 11.8 Å². The van der Waals surface area contributed by atoms with E-state index < -0.39 is 33.9 Å². The van der Waals surface area contributed by atoms with Crippen LogP contribution < -0.4 is 14.4 Å². The molecular weight excluding hydrogens is 500 g/mol. The predicted octanol–water partition coefficient (Wildman–Crippen LogP) is 3.22. The van der Waals surface area contributed by atoms with Gasteiger partial charge in [-0.05, 0) is 67.1 Å². The molecule has 188 valence electrons. The van der Waals surface area contributed by atoms with E-state index in [0.29, 0.717) is 0 Å². The maximum atomic E-state index is 13.1. The van der Waals surface area contributed by atoms with Crippen LogP contribution in [0.3, 0.4) is 0 Å². The lowest BCUT2D eigenvalue weighted by Gasteiger charge is -2.26. The second kappa shape index (κ2) is 10.1. The Kier molecular flexibility index (Phi) is 6.89. The van der Waals surface area contributed by atoms with Crippen molar-refractivity contribution < 1.29 is 36.5 Å². The first-order chi connectivity index (χ1) is 17.6. The zero-order chi connectivity index (χ0) is 26.7. The number of anilines is 1. The van der Waals surface area contributed by atoms with Crippen LogP contribution in [0.25, 0.3) is 6.08 Å². The summed E-state index contributed by atoms with van der Waals surface area (Å²) in [5.41, 5.74) is 1.13. The summed E-state index contributed by atoms with van der Waals surface area (Å²) < 4.78 is 35.1. The minimum atomic E-state index is -4.12. The lowest BCUT2D eigenvalue weighted by Crippen LogP contribution is -2.54. The normalized spacial score (nSPS) is 14.9. The topological polar surface area (TPSA) is 136 Å². The van der Waals surface area contributed by atoms with E-state index in [9.17, 15) is 27.6 Å². The van der Waals surface area contributed by atoms with Crippen molar-refractivity contribution in [2.24, 2.45) is 0 Å². The second-order valence-electron chi connectivity index (χ2n) is 7.92. The van der Waals surface area contributed by atoms with Crippen molar-refractivity contribution in [1.29, 1.82) is 0 Å². The summed E-state index contributed by atoms with van der Waals surface area (Å²) in [4.78, 5) is 50.4. The van der Waals surface area contributed by atoms with Crippen molar-refractivity contribution in [1.82, 2.24) is 5.32 Å². The molecule has 0 atom stereocenters. The number of amides is 4. The number of methoxy groups -OCH3 is 1. The van der Waals surface area contributed by atoms with E-state index in [0.717, 1.165) is 10.5 Å². The third kappa shape index (κ3) is 5.41. The number of urea groups is 1. The number of hydrogen-bond acceptors (Lipinski definition) is 8. The number of esters is 1. The molecule has 1 aliphatic rings. The fourth-order valence-electron chi connectivity index (χ4n) is 3.46. The first kappa shape index (κ1) is 25.3. The van der Waals surface area contributed by atoms with E-state index in [-0.39, 0.29) is 33.0 Å². The highest BCUT2D eigenvalue weighted by Crippen LogP contribution is 2.25. The molecule has 0 aliphatic carbocycles. The quantitative estimate of drug-likeness (QED) is 0.226. The molecule has 1 saturated heterocycles. The van der Waals surface area contributed by atoms with Gasteiger partial charge in [0, 0.05) is 0 Å². The number of rotatable bonds is 6. The van der Waals surface area contributed by atoms with E-state index in [4.69, 9.17) is 4.18 Å². The molecule has 4 rings (SSSR count). The number of nitrogens with zero attached hydrogens (tertiary/aromatic N) is 1. The lowest BCUT2D eigenvalue weighted by atomic mass is 10.1. The molecule has 3 aromatic carbocycles. The summed E-state index contributed by atoms with van der Waals surface area (Å²) in [7, 11) is -2.90. The molecule has 1 N–H and O–H groups in total. The van der Waals surface area contributed by atoms with Gasteiger partial charge in [-0.2, -0.15) is 8.42 Å². The van der Waals surface area contributed by atoms with E-state index in [1.54, 1.807) is 12.1 Å². The van der Waals surface area contributed by atoms with E-state index in [2.05, 4.69) is 10.1 Å². The van der Waals surface area contributed by atoms with Gasteiger partial charge in [-0.1, -0.05) is 29.8 Å². The minimum absolute atomic E-state index is 0.0314. The Morgan fingerprint density at radius 1 is 0.946 bits per heavy atom. The zero-order valence-corrected chi connectivity index (χ0v) is 20.4. The molecule has 0 bridgehead atoms. The predicted molar refractivity (Wildman–Crippen MR) is 132 cm³/mol. The Bertz CT molecular complexity index is 1540. The van der Waals surface area contributed by atoms with Gasteiger partial charge in [0.1, 0.15) is 16.2 Å². The SMILES string of the molecule is COC(=O)c1ccc(N2C(=O)NC(=O)/C(=C/c3cccc(OS(=O)(=O)c4ccc(C)cc4)c3)C2=O)cc1. The van der Waals surface area contributed by atoms with Crippen LogP contribution in [0.5, 0.6) is 5.75 Å². The molecule has 0 saturated carbocycles. The Morgan fingerprint density at radius 3 is 2.27 bits per heavy atom. The summed E-state index contributed by atoms with van der Waals surface area (Å²) in [5.74, 6) is -2.46. The lowest BCUT2D eigenvalue weighted by molar-refractivity contribution is -0.122. The number of barbiturate groups is 1. The van der Waals surface area contributed by atoms with Crippen LogP contribution in [0.1, 0.15) is 21.5 Å². The van der Waals surface area contributed by atoms with Crippen molar-refractivity contribution in [2.75, 3.05) is 12.0 Å². The van der Waals surface area contributed by atoms with Crippen LogP contribution in [0.4, 0.5) is 10.5 Å². The maximum Gasteiger partial charge on any atom is 0.339 e. The fourth-order valence-corrected chi connectivity index (χ4v) is 4.38. The van der Waals surface area contributed by atoms with Gasteiger partial charge < -0.3 is 8.92 Å². The summed E-state index contributed by atoms with van der Waals surface area (Å²) in [5, 5.41) is 2.10. The average molecular weight is 521 g/mol. The average Bonchev–Trinajstić information content (AvgIpc) is 2.86. The maximum absolute atomic E-state index is 13.1. The van der Waals surface area contributed by atoms with Crippen LogP contribution in [0, 0.1) is 6.92 Å². The number of carbonyl (C=O) groups excluding carboxylic acids is 4. The number of aryl methyl sites for hydroxylation is 1. The largest absolute Gasteiger partial charge is 0.465 e. The first-order valence-electron chi connectivity index (χ1n) is 10.8. The molecule has 1 heterocycles. The van der Waals surface area contributed by atoms with Gasteiger partial charge in [-0.3, -0.25) is 14.9 Å². The highest BCUT2D eigenvalue weighted by Gasteiger charge is 2.36. The standard InChI is InChI=1S/C26H20N2O8S/c1-16-6-12-21(13-7-16)37(33,34)36-20-5-3-4-17(14-20)15-22-23(29)27-26(32)28(24(22)30)19-10-8-18(9-11-19)25(31)35-2/h3-15H,1-2H3,(H,27,29,32)/b22-15-. The first-order valence-corrected chi connectivity index (χ1v) is 12.2. The number of benzene rings is 3. The van der Waals surface area contributed by atoms with Crippen molar-refractivity contribution in [3.05, 3.63) is 95.1 Å². The highest BCUT2D eigenvalue weighted by molar-refractivity contribution is 7.87. The Balaban J connectivity index is 1.61. The molecule has 4 amide bonds. The third-order valence-corrected chi connectivity index (χ3v) is 6.59. The summed E-state index contributed by atoms with van der Waals surface area (Å²) in [6.07, 6.45) is 1.21. The van der Waals surface area contributed by atoms with Crippen LogP contribution in [0.2, 0.25) is 0 Å². The van der Waals surface area contributed by atoms with Crippen molar-refractivity contribution in [3.63, 3.8) is 0 Å². The van der Waals surface area contributed by atoms with Gasteiger partial charge in [0.2, 0.25) is 0 Å². The molecule has 10 nitrogen and oxygen atoms in total. The van der Waals surface area contributed by atoms with Crippen LogP contribution in [0.15, 0.2) is 83.3 Å². The van der Waals surface area contributed by atoms with Gasteiger partial charge in [-0.15, -0.1) is 0 Å². The molecule has 1 fully saturated rings. The van der Waals surface area contributed by atoms with E-state index >= 15 is 0 Å². The molecule has 3 aromatic rings. The third-order valence-electron chi connectivity index (χ3n) is 5.33. The zero-order valence-electron chi connectivity index (χ0n) is 19.6. The van der Waals surface area contributed by atoms with Gasteiger partial charge in [0.25, 0.3) is 11.8 Å². The van der Waals surface area contributed by atoms with E-state index in [1.807, 2.05) is 6.92 Å². The molecule has 11 heteroatoms. The molecule has 37 heavy (non-hydrogen) atoms. The second-order valence-corrected chi connectivity index (χ2v) is 9.47. The van der Waals surface area contributed by atoms with Crippen molar-refractivity contribution >= 4 is 45.7 Å². The van der Waals surface area contributed by atoms with Crippen LogP contribution in [-0.2, 0) is 24.4 Å². The van der Waals surface area contributed by atoms with E-state index in [1.165, 1.54) is 73.8 Å². The number of imide groups is 2. The Labute approximate surface area is 212 Å². The molecular formula is C26H20N2O8S. The number of ether oxygens (including phenoxy) is 1. The Hall–Kier alpha value is -4.77. The fraction of sp³-hybridized carbons (Fsp3) is 0.0769. The monoisotopic (exact) mass is 520 g/mol. The number of nitrogens with one attached hydrogen (secondary N) is 1.